The summed E-state index contributed by atoms with van der Waals surface area (Å²) in [5.74, 6) is -0.446. The highest BCUT2D eigenvalue weighted by atomic mass is 16.5. The molecule has 2 unspecified atom stereocenters. The van der Waals surface area contributed by atoms with Crippen LogP contribution in [0.2, 0.25) is 0 Å². The first-order chi connectivity index (χ1) is 7.60. The van der Waals surface area contributed by atoms with Crippen molar-refractivity contribution in [2.24, 2.45) is 11.8 Å². The number of hydrogen-bond acceptors (Lipinski definition) is 3. The number of carbonyl (C=O) groups is 1. The lowest BCUT2D eigenvalue weighted by atomic mass is 9.98. The summed E-state index contributed by atoms with van der Waals surface area (Å²) in [5.41, 5.74) is 0. The van der Waals surface area contributed by atoms with Crippen LogP contribution in [-0.4, -0.2) is 48.8 Å². The third-order valence-corrected chi connectivity index (χ3v) is 3.63. The van der Waals surface area contributed by atoms with Gasteiger partial charge in [-0.3, -0.25) is 9.69 Å². The van der Waals surface area contributed by atoms with Crippen molar-refractivity contribution in [3.05, 3.63) is 0 Å². The van der Waals surface area contributed by atoms with E-state index in [1.54, 1.807) is 0 Å². The second-order valence-electron chi connectivity index (χ2n) is 4.67. The van der Waals surface area contributed by atoms with E-state index < -0.39 is 5.97 Å². The maximum absolute atomic E-state index is 11.0. The molecule has 0 saturated carbocycles. The van der Waals surface area contributed by atoms with Crippen molar-refractivity contribution in [3.8, 4) is 0 Å². The summed E-state index contributed by atoms with van der Waals surface area (Å²) in [6, 6.07) is 0.0399. The van der Waals surface area contributed by atoms with E-state index in [1.165, 1.54) is 0 Å². The lowest BCUT2D eigenvalue weighted by Gasteiger charge is -2.29. The van der Waals surface area contributed by atoms with E-state index in [2.05, 4.69) is 18.7 Å². The van der Waals surface area contributed by atoms with Crippen molar-refractivity contribution < 1.29 is 14.6 Å². The van der Waals surface area contributed by atoms with Crippen molar-refractivity contribution in [2.45, 2.75) is 32.7 Å². The smallest absolute Gasteiger partial charge is 0.310 e. The Kier molecular flexibility index (Phi) is 5.22. The van der Waals surface area contributed by atoms with Crippen LogP contribution in [-0.2, 0) is 9.53 Å². The number of likely N-dealkylation sites (N-methyl/N-ethyl adjacent to an activating group) is 1. The van der Waals surface area contributed by atoms with Crippen LogP contribution in [0, 0.1) is 11.8 Å². The van der Waals surface area contributed by atoms with Gasteiger partial charge < -0.3 is 9.84 Å². The van der Waals surface area contributed by atoms with E-state index in [4.69, 9.17) is 9.84 Å². The zero-order valence-electron chi connectivity index (χ0n) is 10.5. The maximum Gasteiger partial charge on any atom is 0.310 e. The largest absolute Gasteiger partial charge is 0.481 e. The first-order valence-corrected chi connectivity index (χ1v) is 6.10. The highest BCUT2D eigenvalue weighted by Gasteiger charge is 2.36. The number of rotatable bonds is 6. The van der Waals surface area contributed by atoms with E-state index in [9.17, 15) is 4.79 Å². The summed E-state index contributed by atoms with van der Waals surface area (Å²) in [6.45, 7) is 6.23. The zero-order chi connectivity index (χ0) is 12.1. The van der Waals surface area contributed by atoms with Gasteiger partial charge in [0, 0.05) is 12.6 Å². The highest BCUT2D eigenvalue weighted by Crippen LogP contribution is 2.21. The Hall–Kier alpha value is -0.610. The first-order valence-electron chi connectivity index (χ1n) is 6.10. The van der Waals surface area contributed by atoms with Gasteiger partial charge in [-0.15, -0.1) is 0 Å². The lowest BCUT2D eigenvalue weighted by molar-refractivity contribution is -0.143. The lowest BCUT2D eigenvalue weighted by Crippen LogP contribution is -2.42. The molecular weight excluding hydrogens is 206 g/mol. The standard InChI is InChI=1S/C12H23NO3/c1-4-9(5-2)6-13(3)11-8-16-7-10(11)12(14)15/h9-11H,4-8H2,1-3H3,(H,14,15). The van der Waals surface area contributed by atoms with Gasteiger partial charge in [-0.1, -0.05) is 26.7 Å². The van der Waals surface area contributed by atoms with Crippen LogP contribution in [0.4, 0.5) is 0 Å². The van der Waals surface area contributed by atoms with E-state index in [1.807, 2.05) is 7.05 Å². The topological polar surface area (TPSA) is 49.8 Å². The molecule has 4 heteroatoms. The molecule has 0 aromatic carbocycles. The van der Waals surface area contributed by atoms with Crippen LogP contribution in [0.1, 0.15) is 26.7 Å². The molecule has 0 spiro atoms. The Morgan fingerprint density at radius 1 is 1.44 bits per heavy atom. The molecule has 0 amide bonds. The van der Waals surface area contributed by atoms with Crippen LogP contribution < -0.4 is 0 Å². The Labute approximate surface area is 97.6 Å². The average molecular weight is 229 g/mol. The van der Waals surface area contributed by atoms with Gasteiger partial charge in [0.25, 0.3) is 0 Å². The van der Waals surface area contributed by atoms with Gasteiger partial charge in [-0.2, -0.15) is 0 Å². The maximum atomic E-state index is 11.0. The molecule has 16 heavy (non-hydrogen) atoms. The first kappa shape index (κ1) is 13.5. The molecule has 0 radical (unpaired) electrons. The average Bonchev–Trinajstić information content (AvgIpc) is 2.74. The third kappa shape index (κ3) is 3.19. The molecule has 0 aromatic heterocycles. The Balaban J connectivity index is 2.52. The van der Waals surface area contributed by atoms with Crippen molar-refractivity contribution in [1.82, 2.24) is 4.90 Å². The summed E-state index contributed by atoms with van der Waals surface area (Å²) in [6.07, 6.45) is 2.29. The number of ether oxygens (including phenoxy) is 1. The Morgan fingerprint density at radius 3 is 2.56 bits per heavy atom. The van der Waals surface area contributed by atoms with Gasteiger partial charge in [0.1, 0.15) is 0 Å². The minimum Gasteiger partial charge on any atom is -0.481 e. The fourth-order valence-electron chi connectivity index (χ4n) is 2.30. The van der Waals surface area contributed by atoms with Gasteiger partial charge in [0.05, 0.1) is 19.1 Å². The Bertz CT molecular complexity index is 228. The molecule has 0 aromatic rings. The fraction of sp³-hybridized carbons (Fsp3) is 0.917. The predicted octanol–water partition coefficient (Wildman–Crippen LogP) is 1.45. The molecular formula is C12H23NO3. The van der Waals surface area contributed by atoms with Gasteiger partial charge in [-0.25, -0.2) is 0 Å². The molecule has 2 atom stereocenters. The molecule has 94 valence electrons. The number of aliphatic carboxylic acids is 1. The summed E-state index contributed by atoms with van der Waals surface area (Å²) in [7, 11) is 2.01. The molecule has 4 nitrogen and oxygen atoms in total. The predicted molar refractivity (Wildman–Crippen MR) is 62.4 cm³/mol. The molecule has 1 saturated heterocycles. The summed E-state index contributed by atoms with van der Waals surface area (Å²) >= 11 is 0. The quantitative estimate of drug-likeness (QED) is 0.749. The van der Waals surface area contributed by atoms with Crippen LogP contribution in [0.3, 0.4) is 0 Å². The number of hydrogen-bond donors (Lipinski definition) is 1. The van der Waals surface area contributed by atoms with E-state index >= 15 is 0 Å². The van der Waals surface area contributed by atoms with Gasteiger partial charge in [-0.05, 0) is 13.0 Å². The summed E-state index contributed by atoms with van der Waals surface area (Å²) in [5, 5.41) is 9.07. The molecule has 1 N–H and O–H groups in total. The van der Waals surface area contributed by atoms with Gasteiger partial charge in [0.2, 0.25) is 0 Å². The molecule has 1 aliphatic heterocycles. The van der Waals surface area contributed by atoms with Crippen molar-refractivity contribution in [1.29, 1.82) is 0 Å². The van der Waals surface area contributed by atoms with Crippen LogP contribution >= 0.6 is 0 Å². The van der Waals surface area contributed by atoms with Crippen LogP contribution in [0.15, 0.2) is 0 Å². The normalized spacial score (nSPS) is 25.6. The SMILES string of the molecule is CCC(CC)CN(C)C1COCC1C(=O)O. The number of carboxylic acids is 1. The van der Waals surface area contributed by atoms with Crippen LogP contribution in [0.25, 0.3) is 0 Å². The van der Waals surface area contributed by atoms with Crippen molar-refractivity contribution in [2.75, 3.05) is 26.8 Å². The van der Waals surface area contributed by atoms with Crippen LogP contribution in [0.5, 0.6) is 0 Å². The highest BCUT2D eigenvalue weighted by molar-refractivity contribution is 5.71. The minimum atomic E-state index is -0.737. The Morgan fingerprint density at radius 2 is 2.06 bits per heavy atom. The second-order valence-corrected chi connectivity index (χ2v) is 4.67. The van der Waals surface area contributed by atoms with Gasteiger partial charge in [0.15, 0.2) is 0 Å². The fourth-order valence-corrected chi connectivity index (χ4v) is 2.30. The third-order valence-electron chi connectivity index (χ3n) is 3.63. The number of nitrogens with zero attached hydrogens (tertiary/aromatic N) is 1. The van der Waals surface area contributed by atoms with Gasteiger partial charge >= 0.3 is 5.97 Å². The molecule has 0 bridgehead atoms. The minimum absolute atomic E-state index is 0.0399. The summed E-state index contributed by atoms with van der Waals surface area (Å²) < 4.78 is 5.28. The van der Waals surface area contributed by atoms with Crippen molar-refractivity contribution >= 4 is 5.97 Å². The molecule has 1 rings (SSSR count). The number of carboxylic acid groups (broad SMARTS) is 1. The van der Waals surface area contributed by atoms with Crippen molar-refractivity contribution in [3.63, 3.8) is 0 Å². The molecule has 1 aliphatic rings. The zero-order valence-corrected chi connectivity index (χ0v) is 10.5. The second kappa shape index (κ2) is 6.21. The van der Waals surface area contributed by atoms with E-state index in [0.717, 1.165) is 19.4 Å². The van der Waals surface area contributed by atoms with E-state index in [0.29, 0.717) is 19.1 Å². The molecule has 1 fully saturated rings. The molecule has 0 aliphatic carbocycles. The summed E-state index contributed by atoms with van der Waals surface area (Å²) in [4.78, 5) is 13.2. The molecule has 1 heterocycles. The monoisotopic (exact) mass is 229 g/mol. The van der Waals surface area contributed by atoms with E-state index in [-0.39, 0.29) is 12.0 Å².